The zero-order valence-corrected chi connectivity index (χ0v) is 13.4. The Morgan fingerprint density at radius 1 is 1.10 bits per heavy atom. The summed E-state index contributed by atoms with van der Waals surface area (Å²) in [7, 11) is 0. The van der Waals surface area contributed by atoms with Gasteiger partial charge >= 0.3 is 0 Å². The number of hydrogen-bond acceptors (Lipinski definition) is 2. The van der Waals surface area contributed by atoms with Crippen molar-refractivity contribution >= 4 is 23.2 Å². The molecule has 2 atom stereocenters. The fourth-order valence-electron chi connectivity index (χ4n) is 2.57. The second-order valence-corrected chi connectivity index (χ2v) is 5.86. The maximum absolute atomic E-state index is 9.78. The fourth-order valence-corrected chi connectivity index (χ4v) is 2.87. The van der Waals surface area contributed by atoms with Gasteiger partial charge in [0.25, 0.3) is 0 Å². The molecule has 112 valence electrons. The standard InChI is InChI=1S/C17H19Cl2NO/c1-2-11-5-3-4-6-13(11)17(20)14(10-21)12-7-8-15(18)16(19)9-12/h3-9,14,17,21H,2,10,20H2,1H3. The number of rotatable bonds is 5. The Morgan fingerprint density at radius 3 is 2.43 bits per heavy atom. The molecule has 2 aromatic rings. The van der Waals surface area contributed by atoms with Crippen LogP contribution in [0.2, 0.25) is 10.0 Å². The lowest BCUT2D eigenvalue weighted by molar-refractivity contribution is 0.248. The van der Waals surface area contributed by atoms with Crippen LogP contribution in [0.15, 0.2) is 42.5 Å². The average molecular weight is 324 g/mol. The third-order valence-corrected chi connectivity index (χ3v) is 4.54. The molecule has 2 unspecified atom stereocenters. The van der Waals surface area contributed by atoms with Crippen LogP contribution in [0.3, 0.4) is 0 Å². The minimum absolute atomic E-state index is 0.0445. The Kier molecular flexibility index (Phi) is 5.65. The monoisotopic (exact) mass is 323 g/mol. The van der Waals surface area contributed by atoms with Gasteiger partial charge in [0, 0.05) is 12.0 Å². The van der Waals surface area contributed by atoms with Crippen LogP contribution in [0.5, 0.6) is 0 Å². The van der Waals surface area contributed by atoms with Gasteiger partial charge in [0.05, 0.1) is 16.7 Å². The van der Waals surface area contributed by atoms with Crippen molar-refractivity contribution in [3.8, 4) is 0 Å². The van der Waals surface area contributed by atoms with Crippen molar-refractivity contribution in [2.24, 2.45) is 5.73 Å². The van der Waals surface area contributed by atoms with Crippen molar-refractivity contribution in [3.63, 3.8) is 0 Å². The van der Waals surface area contributed by atoms with Gasteiger partial charge in [-0.2, -0.15) is 0 Å². The van der Waals surface area contributed by atoms with Crippen molar-refractivity contribution in [1.29, 1.82) is 0 Å². The highest BCUT2D eigenvalue weighted by Crippen LogP contribution is 2.33. The van der Waals surface area contributed by atoms with Crippen LogP contribution in [-0.4, -0.2) is 11.7 Å². The summed E-state index contributed by atoms with van der Waals surface area (Å²) in [5.74, 6) is -0.215. The lowest BCUT2D eigenvalue weighted by Crippen LogP contribution is -2.23. The van der Waals surface area contributed by atoms with Gasteiger partial charge < -0.3 is 10.8 Å². The Balaban J connectivity index is 2.38. The summed E-state index contributed by atoms with van der Waals surface area (Å²) < 4.78 is 0. The summed E-state index contributed by atoms with van der Waals surface area (Å²) in [5.41, 5.74) is 9.56. The molecule has 0 aliphatic rings. The van der Waals surface area contributed by atoms with E-state index in [0.29, 0.717) is 10.0 Å². The van der Waals surface area contributed by atoms with Gasteiger partial charge in [-0.05, 0) is 35.2 Å². The zero-order valence-electron chi connectivity index (χ0n) is 11.9. The summed E-state index contributed by atoms with van der Waals surface area (Å²) in [5, 5.41) is 10.8. The van der Waals surface area contributed by atoms with Crippen molar-refractivity contribution in [3.05, 3.63) is 69.2 Å². The summed E-state index contributed by atoms with van der Waals surface area (Å²) in [6.45, 7) is 2.05. The van der Waals surface area contributed by atoms with E-state index in [1.54, 1.807) is 12.1 Å². The molecule has 3 N–H and O–H groups in total. The van der Waals surface area contributed by atoms with E-state index in [4.69, 9.17) is 28.9 Å². The van der Waals surface area contributed by atoms with Gasteiger partial charge in [0.2, 0.25) is 0 Å². The number of halogens is 2. The predicted octanol–water partition coefficient (Wildman–Crippen LogP) is 4.33. The van der Waals surface area contributed by atoms with E-state index in [0.717, 1.165) is 17.5 Å². The van der Waals surface area contributed by atoms with Crippen LogP contribution in [-0.2, 0) is 6.42 Å². The molecule has 2 aromatic carbocycles. The molecule has 4 heteroatoms. The Labute approximate surface area is 135 Å². The van der Waals surface area contributed by atoms with E-state index in [9.17, 15) is 5.11 Å². The van der Waals surface area contributed by atoms with Crippen LogP contribution in [0.1, 0.15) is 35.6 Å². The van der Waals surface area contributed by atoms with Gasteiger partial charge in [-0.1, -0.05) is 60.5 Å². The fraction of sp³-hybridized carbons (Fsp3) is 0.294. The van der Waals surface area contributed by atoms with E-state index in [2.05, 4.69) is 13.0 Å². The summed E-state index contributed by atoms with van der Waals surface area (Å²) in [6, 6.07) is 13.1. The first kappa shape index (κ1) is 16.3. The highest BCUT2D eigenvalue weighted by Gasteiger charge is 2.23. The quantitative estimate of drug-likeness (QED) is 0.860. The molecule has 0 saturated carbocycles. The van der Waals surface area contributed by atoms with Crippen molar-refractivity contribution < 1.29 is 5.11 Å². The smallest absolute Gasteiger partial charge is 0.0595 e. The molecule has 0 amide bonds. The van der Waals surface area contributed by atoms with Crippen molar-refractivity contribution in [1.82, 2.24) is 0 Å². The highest BCUT2D eigenvalue weighted by molar-refractivity contribution is 6.42. The van der Waals surface area contributed by atoms with Gasteiger partial charge in [-0.3, -0.25) is 0 Å². The lowest BCUT2D eigenvalue weighted by atomic mass is 9.85. The van der Waals surface area contributed by atoms with Gasteiger partial charge in [0.15, 0.2) is 0 Å². The number of nitrogens with two attached hydrogens (primary N) is 1. The molecule has 0 radical (unpaired) electrons. The van der Waals surface area contributed by atoms with Crippen LogP contribution < -0.4 is 5.73 Å². The van der Waals surface area contributed by atoms with Gasteiger partial charge in [0.1, 0.15) is 0 Å². The Morgan fingerprint density at radius 2 is 1.81 bits per heavy atom. The lowest BCUT2D eigenvalue weighted by Gasteiger charge is -2.25. The minimum atomic E-state index is -0.289. The predicted molar refractivity (Wildman–Crippen MR) is 89.0 cm³/mol. The molecule has 21 heavy (non-hydrogen) atoms. The molecule has 0 aliphatic heterocycles. The highest BCUT2D eigenvalue weighted by atomic mass is 35.5. The van der Waals surface area contributed by atoms with Crippen LogP contribution in [0, 0.1) is 0 Å². The molecular formula is C17H19Cl2NO. The molecular weight excluding hydrogens is 305 g/mol. The molecule has 0 spiro atoms. The maximum Gasteiger partial charge on any atom is 0.0595 e. The molecule has 2 rings (SSSR count). The Bertz CT molecular complexity index is 615. The first-order chi connectivity index (χ1) is 10.1. The second-order valence-electron chi connectivity index (χ2n) is 5.04. The van der Waals surface area contributed by atoms with Crippen LogP contribution in [0.4, 0.5) is 0 Å². The van der Waals surface area contributed by atoms with Crippen molar-refractivity contribution in [2.45, 2.75) is 25.3 Å². The summed E-state index contributed by atoms with van der Waals surface area (Å²) >= 11 is 12.0. The normalized spacial score (nSPS) is 14.0. The van der Waals surface area contributed by atoms with Crippen LogP contribution in [0.25, 0.3) is 0 Å². The summed E-state index contributed by atoms with van der Waals surface area (Å²) in [6.07, 6.45) is 0.906. The molecule has 0 aliphatic carbocycles. The van der Waals surface area contributed by atoms with E-state index in [1.807, 2.05) is 24.3 Å². The third kappa shape index (κ3) is 3.58. The number of hydrogen-bond donors (Lipinski definition) is 2. The van der Waals surface area contributed by atoms with E-state index >= 15 is 0 Å². The minimum Gasteiger partial charge on any atom is -0.396 e. The maximum atomic E-state index is 9.78. The number of aryl methyl sites for hydroxylation is 1. The van der Waals surface area contributed by atoms with E-state index < -0.39 is 0 Å². The SMILES string of the molecule is CCc1ccccc1C(N)C(CO)c1ccc(Cl)c(Cl)c1. The largest absolute Gasteiger partial charge is 0.396 e. The topological polar surface area (TPSA) is 46.2 Å². The molecule has 0 aromatic heterocycles. The third-order valence-electron chi connectivity index (χ3n) is 3.80. The van der Waals surface area contributed by atoms with Gasteiger partial charge in [-0.15, -0.1) is 0 Å². The number of aliphatic hydroxyl groups excluding tert-OH is 1. The van der Waals surface area contributed by atoms with E-state index in [1.165, 1.54) is 5.56 Å². The van der Waals surface area contributed by atoms with Crippen molar-refractivity contribution in [2.75, 3.05) is 6.61 Å². The molecule has 0 saturated heterocycles. The van der Waals surface area contributed by atoms with Crippen LogP contribution >= 0.6 is 23.2 Å². The molecule has 0 fully saturated rings. The Hall–Kier alpha value is -1.06. The van der Waals surface area contributed by atoms with Gasteiger partial charge in [-0.25, -0.2) is 0 Å². The summed E-state index contributed by atoms with van der Waals surface area (Å²) in [4.78, 5) is 0. The number of aliphatic hydroxyl groups is 1. The average Bonchev–Trinajstić information content (AvgIpc) is 2.51. The zero-order chi connectivity index (χ0) is 15.4. The first-order valence-corrected chi connectivity index (χ1v) is 7.73. The first-order valence-electron chi connectivity index (χ1n) is 6.97. The molecule has 2 nitrogen and oxygen atoms in total. The molecule has 0 heterocycles. The van der Waals surface area contributed by atoms with E-state index in [-0.39, 0.29) is 18.6 Å². The molecule has 0 bridgehead atoms. The second kappa shape index (κ2) is 7.28. The number of benzene rings is 2.